The van der Waals surface area contributed by atoms with Crippen molar-refractivity contribution < 1.29 is 33.9 Å². The Bertz CT molecular complexity index is 629. The first-order valence-corrected chi connectivity index (χ1v) is 9.69. The summed E-state index contributed by atoms with van der Waals surface area (Å²) in [6.07, 6.45) is 4.00. The Kier molecular flexibility index (Phi) is 16.1. The zero-order chi connectivity index (χ0) is 23.7. The predicted molar refractivity (Wildman–Crippen MR) is 109 cm³/mol. The van der Waals surface area contributed by atoms with Crippen molar-refractivity contribution in [2.75, 3.05) is 13.1 Å². The van der Waals surface area contributed by atoms with Crippen molar-refractivity contribution in [2.45, 2.75) is 59.4 Å². The third kappa shape index (κ3) is 13.9. The lowest BCUT2D eigenvalue weighted by Gasteiger charge is -2.09. The highest BCUT2D eigenvalue weighted by Crippen LogP contribution is 2.01. The molecule has 0 aromatic heterocycles. The molecule has 1 atom stereocenters. The van der Waals surface area contributed by atoms with Crippen molar-refractivity contribution >= 4 is 35.5 Å². The fourth-order valence-electron chi connectivity index (χ4n) is 1.95. The summed E-state index contributed by atoms with van der Waals surface area (Å²) < 4.78 is 0. The van der Waals surface area contributed by atoms with E-state index >= 15 is 0 Å². The highest BCUT2D eigenvalue weighted by atomic mass is 16.4. The molecule has 1 aliphatic heterocycles. The van der Waals surface area contributed by atoms with E-state index in [0.29, 0.717) is 19.4 Å². The van der Waals surface area contributed by atoms with Gasteiger partial charge in [0.25, 0.3) is 11.8 Å². The van der Waals surface area contributed by atoms with Gasteiger partial charge in [0.1, 0.15) is 6.04 Å². The number of amides is 5. The number of unbranched alkanes of at least 4 members (excludes halogenated alkanes) is 1. The number of nitrogens with two attached hydrogens (primary N) is 1. The molecule has 0 radical (unpaired) electrons. The Labute approximate surface area is 176 Å². The number of imide groups is 1. The van der Waals surface area contributed by atoms with E-state index < -0.39 is 23.8 Å². The van der Waals surface area contributed by atoms with E-state index in [1.165, 1.54) is 24.0 Å². The number of rotatable bonds is 10. The number of nitrogens with one attached hydrogen (secondary N) is 2. The smallest absolute Gasteiger partial charge is 0.325 e. The van der Waals surface area contributed by atoms with Gasteiger partial charge in [0.15, 0.2) is 0 Å². The third-order valence-corrected chi connectivity index (χ3v) is 3.49. The van der Waals surface area contributed by atoms with Crippen LogP contribution in [0.4, 0.5) is 0 Å². The van der Waals surface area contributed by atoms with Crippen LogP contribution in [0.3, 0.4) is 0 Å². The molecule has 0 saturated carbocycles. The van der Waals surface area contributed by atoms with E-state index in [4.69, 9.17) is 10.8 Å². The van der Waals surface area contributed by atoms with Gasteiger partial charge in [-0.15, -0.1) is 0 Å². The molecule has 0 aromatic rings. The van der Waals surface area contributed by atoms with Crippen LogP contribution >= 0.6 is 0 Å². The summed E-state index contributed by atoms with van der Waals surface area (Å²) in [5.41, 5.74) is 4.94. The zero-order valence-electron chi connectivity index (χ0n) is 17.9. The molecule has 1 rings (SSSR count). The second-order valence-corrected chi connectivity index (χ2v) is 5.83. The minimum Gasteiger partial charge on any atom is -0.480 e. The SMILES string of the molecule is CC.CC(NC(=O)CNC(=O)CCCCC(N)=O)C(=O)O.CCN1C(=O)C=CC1=O. The van der Waals surface area contributed by atoms with Crippen LogP contribution in [0.15, 0.2) is 12.2 Å². The van der Waals surface area contributed by atoms with E-state index in [9.17, 15) is 28.8 Å². The van der Waals surface area contributed by atoms with Gasteiger partial charge in [0.05, 0.1) is 6.54 Å². The topological polar surface area (TPSA) is 176 Å². The van der Waals surface area contributed by atoms with E-state index in [1.807, 2.05) is 13.8 Å². The lowest BCUT2D eigenvalue weighted by molar-refractivity contribution is -0.141. The highest BCUT2D eigenvalue weighted by molar-refractivity contribution is 6.12. The first-order chi connectivity index (χ1) is 14.1. The summed E-state index contributed by atoms with van der Waals surface area (Å²) in [7, 11) is 0. The standard InChI is InChI=1S/C11H19N3O5.C6H7NO2.C2H6/c1-7(11(18)19)14-10(17)6-13-9(16)5-3-2-4-8(12)15;1-2-7-5(8)3-4-6(7)9;1-2/h7H,2-6H2,1H3,(H2,12,15)(H,13,16)(H,14,17)(H,18,19);3-4H,2H2,1H3;1-2H3. The number of nitrogens with zero attached hydrogens (tertiary/aromatic N) is 1. The van der Waals surface area contributed by atoms with Gasteiger partial charge < -0.3 is 21.5 Å². The maximum absolute atomic E-state index is 11.3. The van der Waals surface area contributed by atoms with Crippen LogP contribution in [0.1, 0.15) is 53.4 Å². The van der Waals surface area contributed by atoms with Gasteiger partial charge in [-0.25, -0.2) is 0 Å². The number of aliphatic carboxylic acids is 1. The summed E-state index contributed by atoms with van der Waals surface area (Å²) in [5.74, 6) is -2.87. The fraction of sp³-hybridized carbons (Fsp3) is 0.579. The molecule has 1 aliphatic rings. The molecular formula is C19H32N4O7. The van der Waals surface area contributed by atoms with E-state index in [2.05, 4.69) is 10.6 Å². The van der Waals surface area contributed by atoms with Crippen LogP contribution < -0.4 is 16.4 Å². The van der Waals surface area contributed by atoms with Gasteiger partial charge in [0, 0.05) is 31.5 Å². The van der Waals surface area contributed by atoms with E-state index in [-0.39, 0.29) is 37.1 Å². The van der Waals surface area contributed by atoms with Crippen molar-refractivity contribution in [1.29, 1.82) is 0 Å². The molecule has 11 heteroatoms. The molecular weight excluding hydrogens is 396 g/mol. The Morgan fingerprint density at radius 2 is 1.53 bits per heavy atom. The van der Waals surface area contributed by atoms with E-state index in [1.54, 1.807) is 6.92 Å². The molecule has 0 aliphatic carbocycles. The fourth-order valence-corrected chi connectivity index (χ4v) is 1.95. The Hall–Kier alpha value is -3.24. The van der Waals surface area contributed by atoms with Crippen LogP contribution in [-0.2, 0) is 28.8 Å². The van der Waals surface area contributed by atoms with Crippen LogP contribution in [0.2, 0.25) is 0 Å². The van der Waals surface area contributed by atoms with Crippen LogP contribution in [0.5, 0.6) is 0 Å². The van der Waals surface area contributed by atoms with Crippen LogP contribution in [-0.4, -0.2) is 64.6 Å². The number of carboxylic acids is 1. The average Bonchev–Trinajstić information content (AvgIpc) is 3.02. The maximum atomic E-state index is 11.3. The molecule has 0 bridgehead atoms. The number of carbonyl (C=O) groups is 6. The predicted octanol–water partition coefficient (Wildman–Crippen LogP) is -0.305. The van der Waals surface area contributed by atoms with Gasteiger partial charge in [-0.1, -0.05) is 13.8 Å². The van der Waals surface area contributed by atoms with E-state index in [0.717, 1.165) is 0 Å². The van der Waals surface area contributed by atoms with Gasteiger partial charge >= 0.3 is 5.97 Å². The molecule has 0 spiro atoms. The minimum absolute atomic E-state index is 0.190. The van der Waals surface area contributed by atoms with Crippen molar-refractivity contribution in [3.63, 3.8) is 0 Å². The summed E-state index contributed by atoms with van der Waals surface area (Å²) in [6, 6.07) is -1.00. The molecule has 1 heterocycles. The number of carboxylic acid groups (broad SMARTS) is 1. The second-order valence-electron chi connectivity index (χ2n) is 5.83. The van der Waals surface area contributed by atoms with Crippen molar-refractivity contribution in [1.82, 2.24) is 15.5 Å². The normalized spacial score (nSPS) is 12.7. The number of primary amides is 1. The second kappa shape index (κ2) is 16.7. The number of carbonyl (C=O) groups excluding carboxylic acids is 5. The molecule has 0 fully saturated rings. The maximum Gasteiger partial charge on any atom is 0.325 e. The van der Waals surface area contributed by atoms with Crippen LogP contribution in [0, 0.1) is 0 Å². The highest BCUT2D eigenvalue weighted by Gasteiger charge is 2.20. The summed E-state index contributed by atoms with van der Waals surface area (Å²) in [5, 5.41) is 13.1. The van der Waals surface area contributed by atoms with Gasteiger partial charge in [-0.2, -0.15) is 0 Å². The first kappa shape index (κ1) is 29.0. The molecule has 170 valence electrons. The number of hydrogen-bond acceptors (Lipinski definition) is 6. The Balaban J connectivity index is 0. The van der Waals surface area contributed by atoms with Crippen molar-refractivity contribution in [3.8, 4) is 0 Å². The van der Waals surface area contributed by atoms with Gasteiger partial charge in [-0.3, -0.25) is 33.7 Å². The quantitative estimate of drug-likeness (QED) is 0.272. The summed E-state index contributed by atoms with van der Waals surface area (Å²) in [6.45, 7) is 7.28. The Morgan fingerprint density at radius 3 is 1.93 bits per heavy atom. The average molecular weight is 428 g/mol. The molecule has 1 unspecified atom stereocenters. The monoisotopic (exact) mass is 428 g/mol. The number of hydrogen-bond donors (Lipinski definition) is 4. The largest absolute Gasteiger partial charge is 0.480 e. The molecule has 0 saturated heterocycles. The lowest BCUT2D eigenvalue weighted by atomic mass is 10.2. The molecule has 30 heavy (non-hydrogen) atoms. The van der Waals surface area contributed by atoms with Crippen LogP contribution in [0.25, 0.3) is 0 Å². The Morgan fingerprint density at radius 1 is 1.03 bits per heavy atom. The lowest BCUT2D eigenvalue weighted by Crippen LogP contribution is -2.43. The van der Waals surface area contributed by atoms with Crippen molar-refractivity contribution in [2.24, 2.45) is 5.73 Å². The molecule has 5 amide bonds. The first-order valence-electron chi connectivity index (χ1n) is 9.69. The van der Waals surface area contributed by atoms with Gasteiger partial charge in [-0.05, 0) is 26.7 Å². The number of likely N-dealkylation sites (N-methyl/N-ethyl adjacent to an activating group) is 1. The molecule has 11 nitrogen and oxygen atoms in total. The van der Waals surface area contributed by atoms with Gasteiger partial charge in [0.2, 0.25) is 17.7 Å². The summed E-state index contributed by atoms with van der Waals surface area (Å²) >= 11 is 0. The zero-order valence-corrected chi connectivity index (χ0v) is 17.9. The summed E-state index contributed by atoms with van der Waals surface area (Å²) in [4.78, 5) is 65.9. The third-order valence-electron chi connectivity index (χ3n) is 3.49. The molecule has 0 aromatic carbocycles. The van der Waals surface area contributed by atoms with Crippen molar-refractivity contribution in [3.05, 3.63) is 12.2 Å². The molecule has 5 N–H and O–H groups in total. The minimum atomic E-state index is -1.15.